The quantitative estimate of drug-likeness (QED) is 0.840. The van der Waals surface area contributed by atoms with E-state index < -0.39 is 24.4 Å². The number of carbonyl (C=O) groups is 1. The summed E-state index contributed by atoms with van der Waals surface area (Å²) in [6, 6.07) is 7.70. The molecule has 18 heavy (non-hydrogen) atoms. The lowest BCUT2D eigenvalue weighted by Crippen LogP contribution is -2.22. The number of esters is 1. The van der Waals surface area contributed by atoms with Crippen LogP contribution in [-0.2, 0) is 16.0 Å². The Balaban J connectivity index is 1.91. The molecule has 2 rings (SSSR count). The molecule has 1 aromatic carbocycles. The molecule has 0 bridgehead atoms. The molecule has 0 aromatic heterocycles. The van der Waals surface area contributed by atoms with Crippen molar-refractivity contribution in [1.82, 2.24) is 0 Å². The third-order valence-corrected chi connectivity index (χ3v) is 2.93. The minimum absolute atomic E-state index is 0.203. The van der Waals surface area contributed by atoms with Gasteiger partial charge in [-0.3, -0.25) is 0 Å². The molecule has 98 valence electrons. The maximum Gasteiger partial charge on any atom is 0.377 e. The van der Waals surface area contributed by atoms with E-state index in [4.69, 9.17) is 0 Å². The topological polar surface area (TPSA) is 38.3 Å². The van der Waals surface area contributed by atoms with Gasteiger partial charge in [-0.2, -0.15) is 8.78 Å². The van der Waals surface area contributed by atoms with Crippen LogP contribution in [0.5, 0.6) is 0 Å². The lowest BCUT2D eigenvalue weighted by Gasteiger charge is -2.11. The van der Waals surface area contributed by atoms with E-state index in [-0.39, 0.29) is 6.54 Å². The second-order valence-corrected chi connectivity index (χ2v) is 4.37. The number of hydrogen-bond donors (Lipinski definition) is 1. The van der Waals surface area contributed by atoms with Crippen LogP contribution in [0.3, 0.4) is 0 Å². The van der Waals surface area contributed by atoms with E-state index in [1.54, 1.807) is 0 Å². The van der Waals surface area contributed by atoms with Gasteiger partial charge in [-0.05, 0) is 24.1 Å². The highest BCUT2D eigenvalue weighted by molar-refractivity contribution is 5.79. The smallest absolute Gasteiger partial charge is 0.377 e. The zero-order valence-corrected chi connectivity index (χ0v) is 10.1. The molecular weight excluding hydrogens is 240 g/mol. The summed E-state index contributed by atoms with van der Waals surface area (Å²) in [4.78, 5) is 10.8. The molecule has 0 aliphatic carbocycles. The molecule has 1 unspecified atom stereocenters. The molecule has 0 amide bonds. The maximum absolute atomic E-state index is 12.9. The molecule has 1 N–H and O–H groups in total. The van der Waals surface area contributed by atoms with Crippen LogP contribution in [0.25, 0.3) is 0 Å². The Morgan fingerprint density at radius 3 is 2.89 bits per heavy atom. The number of aryl methyl sites for hydroxylation is 1. The minimum atomic E-state index is -3.34. The Morgan fingerprint density at radius 2 is 2.28 bits per heavy atom. The molecule has 0 radical (unpaired) electrons. The highest BCUT2D eigenvalue weighted by atomic mass is 19.3. The summed E-state index contributed by atoms with van der Waals surface area (Å²) in [7, 11) is 0. The Hall–Kier alpha value is -1.65. The first-order chi connectivity index (χ1) is 8.51. The van der Waals surface area contributed by atoms with E-state index in [9.17, 15) is 13.6 Å². The number of benzene rings is 1. The first-order valence-electron chi connectivity index (χ1n) is 5.93. The van der Waals surface area contributed by atoms with Gasteiger partial charge in [0.05, 0.1) is 13.0 Å². The zero-order valence-electron chi connectivity index (χ0n) is 10.1. The fraction of sp³-hybridized carbons (Fsp3) is 0.462. The average Bonchev–Trinajstić information content (AvgIpc) is 2.61. The van der Waals surface area contributed by atoms with Crippen LogP contribution in [0.4, 0.5) is 14.5 Å². The third-order valence-electron chi connectivity index (χ3n) is 2.93. The van der Waals surface area contributed by atoms with E-state index in [1.807, 2.05) is 31.2 Å². The second-order valence-electron chi connectivity index (χ2n) is 4.37. The minimum Gasteiger partial charge on any atom is -0.456 e. The predicted octanol–water partition coefficient (Wildman–Crippen LogP) is 2.61. The number of alkyl halides is 2. The molecule has 1 heterocycles. The molecule has 1 atom stereocenters. The fourth-order valence-electron chi connectivity index (χ4n) is 1.90. The third kappa shape index (κ3) is 2.78. The van der Waals surface area contributed by atoms with E-state index in [2.05, 4.69) is 10.1 Å². The van der Waals surface area contributed by atoms with E-state index in [0.717, 1.165) is 17.7 Å². The Bertz CT molecular complexity index is 448. The van der Waals surface area contributed by atoms with E-state index >= 15 is 0 Å². The normalized spacial score (nSPS) is 21.7. The highest BCUT2D eigenvalue weighted by Crippen LogP contribution is 2.30. The highest BCUT2D eigenvalue weighted by Gasteiger charge is 2.50. The summed E-state index contributed by atoms with van der Waals surface area (Å²) in [5.41, 5.74) is 2.01. The second kappa shape index (κ2) is 4.92. The number of carbonyl (C=O) groups excluding carboxylic acids is 1. The number of cyclic esters (lactones) is 1. The van der Waals surface area contributed by atoms with Gasteiger partial charge in [0.1, 0.15) is 6.10 Å². The van der Waals surface area contributed by atoms with Crippen molar-refractivity contribution in [2.45, 2.75) is 31.8 Å². The van der Waals surface area contributed by atoms with Gasteiger partial charge in [0.2, 0.25) is 0 Å². The van der Waals surface area contributed by atoms with Crippen molar-refractivity contribution >= 4 is 11.7 Å². The van der Waals surface area contributed by atoms with Crippen LogP contribution in [-0.4, -0.2) is 24.5 Å². The van der Waals surface area contributed by atoms with E-state index in [0.29, 0.717) is 0 Å². The number of nitrogens with one attached hydrogen (secondary N) is 1. The summed E-state index contributed by atoms with van der Waals surface area (Å²) in [6.07, 6.45) is -0.407. The van der Waals surface area contributed by atoms with Crippen LogP contribution in [0, 0.1) is 0 Å². The molecule has 1 saturated heterocycles. The first kappa shape index (κ1) is 12.8. The van der Waals surface area contributed by atoms with Gasteiger partial charge >= 0.3 is 11.9 Å². The lowest BCUT2D eigenvalue weighted by atomic mass is 10.1. The molecule has 5 heteroatoms. The van der Waals surface area contributed by atoms with Crippen LogP contribution in [0.15, 0.2) is 24.3 Å². The molecule has 1 aromatic rings. The number of hydrogen-bond acceptors (Lipinski definition) is 3. The van der Waals surface area contributed by atoms with Crippen molar-refractivity contribution in [3.63, 3.8) is 0 Å². The van der Waals surface area contributed by atoms with Gasteiger partial charge in [0, 0.05) is 5.69 Å². The van der Waals surface area contributed by atoms with Gasteiger partial charge in [0.15, 0.2) is 0 Å². The van der Waals surface area contributed by atoms with Crippen molar-refractivity contribution in [3.05, 3.63) is 29.8 Å². The zero-order chi connectivity index (χ0) is 13.2. The van der Waals surface area contributed by atoms with Gasteiger partial charge in [-0.1, -0.05) is 19.1 Å². The summed E-state index contributed by atoms with van der Waals surface area (Å²) in [6.45, 7) is 2.24. The van der Waals surface area contributed by atoms with Crippen molar-refractivity contribution in [2.75, 3.05) is 11.9 Å². The van der Waals surface area contributed by atoms with Gasteiger partial charge in [0.25, 0.3) is 0 Å². The van der Waals surface area contributed by atoms with Crippen molar-refractivity contribution in [3.8, 4) is 0 Å². The molecule has 3 nitrogen and oxygen atoms in total. The molecule has 0 saturated carbocycles. The van der Waals surface area contributed by atoms with Gasteiger partial charge < -0.3 is 10.1 Å². The van der Waals surface area contributed by atoms with Crippen LogP contribution < -0.4 is 5.32 Å². The van der Waals surface area contributed by atoms with Crippen LogP contribution in [0.2, 0.25) is 0 Å². The standard InChI is InChI=1S/C13H15F2NO2/c1-2-9-4-3-5-10(6-9)16-8-11-7-13(14,15)12(17)18-11/h3-6,11,16H,2,7-8H2,1H3. The summed E-state index contributed by atoms with van der Waals surface area (Å²) in [5, 5.41) is 3.01. The maximum atomic E-state index is 12.9. The number of anilines is 1. The van der Waals surface area contributed by atoms with Crippen LogP contribution in [0.1, 0.15) is 18.9 Å². The van der Waals surface area contributed by atoms with Gasteiger partial charge in [-0.15, -0.1) is 0 Å². The lowest BCUT2D eigenvalue weighted by molar-refractivity contribution is -0.158. The Labute approximate surface area is 104 Å². The molecule has 1 aliphatic heterocycles. The first-order valence-corrected chi connectivity index (χ1v) is 5.93. The summed E-state index contributed by atoms with van der Waals surface area (Å²) in [5.74, 6) is -4.76. The number of halogens is 2. The Kier molecular flexibility index (Phi) is 3.50. The molecular formula is C13H15F2NO2. The molecule has 1 fully saturated rings. The van der Waals surface area contributed by atoms with Crippen molar-refractivity contribution < 1.29 is 18.3 Å². The van der Waals surface area contributed by atoms with E-state index in [1.165, 1.54) is 0 Å². The van der Waals surface area contributed by atoms with Crippen molar-refractivity contribution in [2.24, 2.45) is 0 Å². The molecule has 0 spiro atoms. The summed E-state index contributed by atoms with van der Waals surface area (Å²) < 4.78 is 30.5. The average molecular weight is 255 g/mol. The van der Waals surface area contributed by atoms with Gasteiger partial charge in [-0.25, -0.2) is 4.79 Å². The summed E-state index contributed by atoms with van der Waals surface area (Å²) >= 11 is 0. The van der Waals surface area contributed by atoms with Crippen molar-refractivity contribution in [1.29, 1.82) is 0 Å². The predicted molar refractivity (Wildman–Crippen MR) is 63.8 cm³/mol. The molecule has 1 aliphatic rings. The monoisotopic (exact) mass is 255 g/mol. The van der Waals surface area contributed by atoms with Crippen LogP contribution >= 0.6 is 0 Å². The number of rotatable bonds is 4. The Morgan fingerprint density at radius 1 is 1.50 bits per heavy atom. The fourth-order valence-corrected chi connectivity index (χ4v) is 1.90. The largest absolute Gasteiger partial charge is 0.456 e. The SMILES string of the molecule is CCc1cccc(NCC2CC(F)(F)C(=O)O2)c1. The number of ether oxygens (including phenoxy) is 1.